The molecule has 0 fully saturated rings. The zero-order valence-electron chi connectivity index (χ0n) is 7.32. The van der Waals surface area contributed by atoms with Gasteiger partial charge in [0.15, 0.2) is 0 Å². The van der Waals surface area contributed by atoms with Crippen LogP contribution in [0.25, 0.3) is 0 Å². The summed E-state index contributed by atoms with van der Waals surface area (Å²) >= 11 is 0. The monoisotopic (exact) mass is 192 g/mol. The molecule has 2 bridgehead atoms. The summed E-state index contributed by atoms with van der Waals surface area (Å²) < 4.78 is 5.33. The fourth-order valence-corrected chi connectivity index (χ4v) is 1.66. The van der Waals surface area contributed by atoms with Crippen LogP contribution >= 0.6 is 0 Å². The Morgan fingerprint density at radius 1 is 1.43 bits per heavy atom. The lowest BCUT2D eigenvalue weighted by molar-refractivity contribution is -0.223. The molecule has 0 saturated heterocycles. The van der Waals surface area contributed by atoms with E-state index in [1.54, 1.807) is 12.1 Å². The number of carbonyl (C=O) groups is 1. The molecule has 5 heteroatoms. The number of carbonyl (C=O) groups excluding carboxylic acids is 1. The van der Waals surface area contributed by atoms with Gasteiger partial charge in [-0.2, -0.15) is 0 Å². The Labute approximate surface area is 80.1 Å². The molecule has 3 rings (SSSR count). The van der Waals surface area contributed by atoms with Crippen LogP contribution < -0.4 is 10.2 Å². The Kier molecular flexibility index (Phi) is 1.50. The van der Waals surface area contributed by atoms with Gasteiger partial charge in [-0.1, -0.05) is 11.2 Å². The van der Waals surface area contributed by atoms with Crippen LogP contribution in [0.1, 0.15) is 15.9 Å². The molecule has 1 N–H and O–H groups in total. The Bertz CT molecular complexity index is 405. The van der Waals surface area contributed by atoms with E-state index in [9.17, 15) is 4.79 Å². The van der Waals surface area contributed by atoms with Gasteiger partial charge in [-0.3, -0.25) is 10.2 Å². The predicted molar refractivity (Wildman–Crippen MR) is 46.0 cm³/mol. The third-order valence-corrected chi connectivity index (χ3v) is 2.33. The second-order valence-electron chi connectivity index (χ2n) is 3.15. The van der Waals surface area contributed by atoms with E-state index < -0.39 is 0 Å². The summed E-state index contributed by atoms with van der Waals surface area (Å²) in [6, 6.07) is 5.42. The van der Waals surface area contributed by atoms with Crippen molar-refractivity contribution in [2.75, 3.05) is 6.79 Å². The van der Waals surface area contributed by atoms with Gasteiger partial charge < -0.3 is 4.74 Å². The average Bonchev–Trinajstić information content (AvgIpc) is 2.37. The molecule has 0 saturated carbocycles. The standard InChI is InChI=1S/C9H8N2O3/c12-9-6-2-1-3-8-7(6)4-11(10-9)14-5-13-8/h1-3H,4-5H2,(H,10,12). The second kappa shape index (κ2) is 2.70. The molecule has 1 amide bonds. The number of rotatable bonds is 0. The Morgan fingerprint density at radius 2 is 2.36 bits per heavy atom. The van der Waals surface area contributed by atoms with Crippen LogP contribution in [-0.2, 0) is 11.4 Å². The highest BCUT2D eigenvalue weighted by atomic mass is 16.8. The summed E-state index contributed by atoms with van der Waals surface area (Å²) in [5.41, 5.74) is 4.14. The van der Waals surface area contributed by atoms with Crippen LogP contribution in [-0.4, -0.2) is 17.9 Å². The number of nitrogens with one attached hydrogen (secondary N) is 1. The van der Waals surface area contributed by atoms with E-state index in [1.807, 2.05) is 6.07 Å². The highest BCUT2D eigenvalue weighted by Crippen LogP contribution is 2.28. The molecule has 5 nitrogen and oxygen atoms in total. The largest absolute Gasteiger partial charge is 0.465 e. The van der Waals surface area contributed by atoms with E-state index in [0.29, 0.717) is 12.1 Å². The van der Waals surface area contributed by atoms with Crippen molar-refractivity contribution in [1.29, 1.82) is 0 Å². The van der Waals surface area contributed by atoms with E-state index in [2.05, 4.69) is 5.43 Å². The maximum Gasteiger partial charge on any atom is 0.267 e. The van der Waals surface area contributed by atoms with Crippen molar-refractivity contribution in [1.82, 2.24) is 10.6 Å². The van der Waals surface area contributed by atoms with E-state index in [1.165, 1.54) is 5.17 Å². The predicted octanol–water partition coefficient (Wildman–Crippen LogP) is 0.428. The smallest absolute Gasteiger partial charge is 0.267 e. The zero-order chi connectivity index (χ0) is 9.54. The molecule has 2 aliphatic heterocycles. The van der Waals surface area contributed by atoms with Gasteiger partial charge in [0.05, 0.1) is 6.54 Å². The molecular weight excluding hydrogens is 184 g/mol. The van der Waals surface area contributed by atoms with E-state index in [4.69, 9.17) is 9.57 Å². The summed E-state index contributed by atoms with van der Waals surface area (Å²) in [7, 11) is 0. The molecule has 0 aromatic heterocycles. The van der Waals surface area contributed by atoms with Gasteiger partial charge in [0.1, 0.15) is 5.75 Å². The van der Waals surface area contributed by atoms with Crippen molar-refractivity contribution in [2.45, 2.75) is 6.54 Å². The summed E-state index contributed by atoms with van der Waals surface area (Å²) in [5.74, 6) is 0.568. The van der Waals surface area contributed by atoms with Crippen LogP contribution in [0, 0.1) is 0 Å². The number of hydrazine groups is 1. The lowest BCUT2D eigenvalue weighted by Gasteiger charge is -2.24. The van der Waals surface area contributed by atoms with Crippen molar-refractivity contribution in [2.24, 2.45) is 0 Å². The molecule has 0 aliphatic carbocycles. The highest BCUT2D eigenvalue weighted by molar-refractivity contribution is 5.96. The molecule has 1 unspecified atom stereocenters. The van der Waals surface area contributed by atoms with Crippen molar-refractivity contribution < 1.29 is 14.4 Å². The van der Waals surface area contributed by atoms with Crippen molar-refractivity contribution in [3.8, 4) is 5.75 Å². The maximum absolute atomic E-state index is 11.5. The molecule has 2 aliphatic rings. The molecule has 1 aromatic carbocycles. The minimum absolute atomic E-state index is 0.122. The van der Waals surface area contributed by atoms with Gasteiger partial charge in [0.25, 0.3) is 5.91 Å². The molecule has 1 atom stereocenters. The number of fused-ring (bicyclic) bond motifs is 1. The quantitative estimate of drug-likeness (QED) is 0.647. The minimum Gasteiger partial charge on any atom is -0.465 e. The molecule has 14 heavy (non-hydrogen) atoms. The zero-order valence-corrected chi connectivity index (χ0v) is 7.32. The molecule has 0 spiro atoms. The van der Waals surface area contributed by atoms with Crippen LogP contribution in [0.5, 0.6) is 5.75 Å². The van der Waals surface area contributed by atoms with Gasteiger partial charge in [-0.05, 0) is 12.1 Å². The first kappa shape index (κ1) is 7.78. The molecule has 2 heterocycles. The Balaban J connectivity index is 2.22. The third kappa shape index (κ3) is 0.997. The SMILES string of the molecule is O=C1NN2Cc3c(cccc31)OCO2. The Hall–Kier alpha value is -1.59. The fourth-order valence-electron chi connectivity index (χ4n) is 1.66. The summed E-state index contributed by atoms with van der Waals surface area (Å²) in [6.07, 6.45) is 0. The number of amides is 1. The van der Waals surface area contributed by atoms with E-state index in [0.717, 1.165) is 11.3 Å². The summed E-state index contributed by atoms with van der Waals surface area (Å²) in [4.78, 5) is 16.7. The second-order valence-corrected chi connectivity index (χ2v) is 3.15. The normalized spacial score (nSPS) is 23.4. The van der Waals surface area contributed by atoms with Crippen LogP contribution in [0.15, 0.2) is 18.2 Å². The van der Waals surface area contributed by atoms with Gasteiger partial charge >= 0.3 is 0 Å². The lowest BCUT2D eigenvalue weighted by atomic mass is 10.0. The van der Waals surface area contributed by atoms with E-state index >= 15 is 0 Å². The minimum atomic E-state index is -0.154. The molecule has 0 radical (unpaired) electrons. The number of benzene rings is 1. The maximum atomic E-state index is 11.5. The topological polar surface area (TPSA) is 50.8 Å². The first-order valence-corrected chi connectivity index (χ1v) is 4.31. The van der Waals surface area contributed by atoms with Crippen molar-refractivity contribution in [3.05, 3.63) is 29.3 Å². The fraction of sp³-hybridized carbons (Fsp3) is 0.222. The van der Waals surface area contributed by atoms with Gasteiger partial charge in [-0.25, -0.2) is 4.84 Å². The highest BCUT2D eigenvalue weighted by Gasteiger charge is 2.28. The number of ether oxygens (including phenoxy) is 1. The average molecular weight is 192 g/mol. The third-order valence-electron chi connectivity index (χ3n) is 2.33. The lowest BCUT2D eigenvalue weighted by Crippen LogP contribution is -2.45. The number of nitrogens with zero attached hydrogens (tertiary/aromatic N) is 1. The molecule has 72 valence electrons. The van der Waals surface area contributed by atoms with Crippen LogP contribution in [0.2, 0.25) is 0 Å². The Morgan fingerprint density at radius 3 is 3.29 bits per heavy atom. The van der Waals surface area contributed by atoms with Gasteiger partial charge in [0, 0.05) is 11.1 Å². The van der Waals surface area contributed by atoms with E-state index in [-0.39, 0.29) is 12.7 Å². The number of hydrogen-bond donors (Lipinski definition) is 1. The van der Waals surface area contributed by atoms with Crippen molar-refractivity contribution in [3.63, 3.8) is 0 Å². The summed E-state index contributed by atoms with van der Waals surface area (Å²) in [6.45, 7) is 0.647. The van der Waals surface area contributed by atoms with Gasteiger partial charge in [0.2, 0.25) is 6.79 Å². The molecular formula is C9H8N2O3. The summed E-state index contributed by atoms with van der Waals surface area (Å²) in [5, 5.41) is 1.39. The first-order chi connectivity index (χ1) is 6.84. The van der Waals surface area contributed by atoms with Gasteiger partial charge in [-0.15, -0.1) is 0 Å². The number of hydroxylamine groups is 1. The van der Waals surface area contributed by atoms with Crippen molar-refractivity contribution >= 4 is 5.91 Å². The number of hydrogen-bond acceptors (Lipinski definition) is 4. The molecule has 1 aromatic rings. The van der Waals surface area contributed by atoms with Crippen LogP contribution in [0.3, 0.4) is 0 Å². The van der Waals surface area contributed by atoms with Crippen LogP contribution in [0.4, 0.5) is 0 Å². The first-order valence-electron chi connectivity index (χ1n) is 4.31.